The average molecular weight is 258 g/mol. The highest BCUT2D eigenvalue weighted by atomic mass is 79.9. The highest BCUT2D eigenvalue weighted by molar-refractivity contribution is 9.10. The highest BCUT2D eigenvalue weighted by Crippen LogP contribution is 2.24. The summed E-state index contributed by atoms with van der Waals surface area (Å²) in [5.74, 6) is 0. The van der Waals surface area contributed by atoms with Gasteiger partial charge in [-0.1, -0.05) is 28.9 Å². The van der Waals surface area contributed by atoms with Crippen molar-refractivity contribution in [3.05, 3.63) is 33.8 Å². The van der Waals surface area contributed by atoms with Gasteiger partial charge in [-0.2, -0.15) is 0 Å². The molecular weight excluding hydrogens is 242 g/mol. The summed E-state index contributed by atoms with van der Waals surface area (Å²) in [6.07, 6.45) is 0.328. The molecule has 2 nitrogen and oxygen atoms in total. The molecular formula is C11H16BrNO. The van der Waals surface area contributed by atoms with Crippen LogP contribution in [0.5, 0.6) is 0 Å². The molecule has 3 N–H and O–H groups in total. The van der Waals surface area contributed by atoms with Gasteiger partial charge in [0.15, 0.2) is 0 Å². The molecule has 0 aliphatic rings. The van der Waals surface area contributed by atoms with Crippen molar-refractivity contribution in [3.63, 3.8) is 0 Å². The third-order valence-electron chi connectivity index (χ3n) is 2.31. The zero-order chi connectivity index (χ0) is 10.7. The van der Waals surface area contributed by atoms with Crippen molar-refractivity contribution < 1.29 is 5.11 Å². The van der Waals surface area contributed by atoms with E-state index in [1.54, 1.807) is 0 Å². The van der Waals surface area contributed by atoms with E-state index in [4.69, 9.17) is 5.73 Å². The van der Waals surface area contributed by atoms with Crippen LogP contribution < -0.4 is 5.73 Å². The number of hydrogen-bond donors (Lipinski definition) is 2. The van der Waals surface area contributed by atoms with Crippen LogP contribution in [-0.2, 0) is 6.42 Å². The molecule has 0 aliphatic heterocycles. The summed E-state index contributed by atoms with van der Waals surface area (Å²) in [4.78, 5) is 0. The minimum atomic E-state index is -0.581. The number of aliphatic hydroxyl groups is 1. The Balaban J connectivity index is 3.10. The molecule has 14 heavy (non-hydrogen) atoms. The monoisotopic (exact) mass is 257 g/mol. The Hall–Kier alpha value is -0.380. The van der Waals surface area contributed by atoms with Gasteiger partial charge in [0.05, 0.1) is 6.10 Å². The minimum absolute atomic E-state index is 0.241. The van der Waals surface area contributed by atoms with Gasteiger partial charge in [0.1, 0.15) is 0 Å². The fourth-order valence-corrected chi connectivity index (χ4v) is 1.83. The summed E-state index contributed by atoms with van der Waals surface area (Å²) in [5, 5.41) is 9.89. The number of benzene rings is 1. The summed E-state index contributed by atoms with van der Waals surface area (Å²) in [6, 6.07) is 5.70. The van der Waals surface area contributed by atoms with E-state index in [0.29, 0.717) is 0 Å². The van der Waals surface area contributed by atoms with Crippen LogP contribution in [0.3, 0.4) is 0 Å². The fraction of sp³-hybridized carbons (Fsp3) is 0.455. The first-order valence-electron chi connectivity index (χ1n) is 4.78. The van der Waals surface area contributed by atoms with Gasteiger partial charge in [0, 0.05) is 10.5 Å². The molecule has 0 heterocycles. The lowest BCUT2D eigenvalue weighted by Gasteiger charge is -2.18. The number of hydrogen-bond acceptors (Lipinski definition) is 2. The van der Waals surface area contributed by atoms with Gasteiger partial charge in [-0.15, -0.1) is 0 Å². The molecule has 78 valence electrons. The Morgan fingerprint density at radius 1 is 1.50 bits per heavy atom. The molecule has 2 atom stereocenters. The van der Waals surface area contributed by atoms with Gasteiger partial charge in [-0.05, 0) is 36.6 Å². The predicted molar refractivity (Wildman–Crippen MR) is 62.1 cm³/mol. The second-order valence-corrected chi connectivity index (χ2v) is 4.42. The molecule has 0 aromatic heterocycles. The van der Waals surface area contributed by atoms with Crippen LogP contribution >= 0.6 is 15.9 Å². The van der Waals surface area contributed by atoms with Crippen molar-refractivity contribution in [1.29, 1.82) is 0 Å². The molecule has 0 bridgehead atoms. The number of aliphatic hydroxyl groups excluding tert-OH is 1. The fourth-order valence-electron chi connectivity index (χ4n) is 1.45. The molecule has 1 aromatic carbocycles. The Kier molecular flexibility index (Phi) is 4.11. The lowest BCUT2D eigenvalue weighted by atomic mass is 9.97. The Morgan fingerprint density at radius 2 is 2.14 bits per heavy atom. The van der Waals surface area contributed by atoms with E-state index in [9.17, 15) is 5.11 Å². The van der Waals surface area contributed by atoms with Crippen molar-refractivity contribution in [2.24, 2.45) is 5.73 Å². The molecule has 3 heteroatoms. The van der Waals surface area contributed by atoms with E-state index in [0.717, 1.165) is 22.0 Å². The standard InChI is InChI=1S/C11H16BrNO/c1-3-8-4-5-9(12)6-10(8)11(14)7(2)13/h4-7,11,14H,3,13H2,1-2H3. The minimum Gasteiger partial charge on any atom is -0.387 e. The number of nitrogens with two attached hydrogens (primary N) is 1. The third kappa shape index (κ3) is 2.56. The molecule has 0 saturated heterocycles. The van der Waals surface area contributed by atoms with Crippen LogP contribution in [0.1, 0.15) is 31.1 Å². The van der Waals surface area contributed by atoms with Crippen LogP contribution in [-0.4, -0.2) is 11.1 Å². The van der Waals surface area contributed by atoms with Gasteiger partial charge in [-0.25, -0.2) is 0 Å². The summed E-state index contributed by atoms with van der Waals surface area (Å²) in [5.41, 5.74) is 7.75. The van der Waals surface area contributed by atoms with E-state index in [1.807, 2.05) is 25.1 Å². The first-order chi connectivity index (χ1) is 6.56. The lowest BCUT2D eigenvalue weighted by Crippen LogP contribution is -2.25. The number of halogens is 1. The largest absolute Gasteiger partial charge is 0.387 e. The van der Waals surface area contributed by atoms with Crippen LogP contribution in [0.4, 0.5) is 0 Å². The van der Waals surface area contributed by atoms with Gasteiger partial charge in [-0.3, -0.25) is 0 Å². The summed E-state index contributed by atoms with van der Waals surface area (Å²) in [6.45, 7) is 3.88. The molecule has 1 rings (SSSR count). The number of rotatable bonds is 3. The maximum absolute atomic E-state index is 9.89. The number of aryl methyl sites for hydroxylation is 1. The van der Waals surface area contributed by atoms with Gasteiger partial charge in [0.25, 0.3) is 0 Å². The van der Waals surface area contributed by atoms with Crippen LogP contribution in [0.15, 0.2) is 22.7 Å². The van der Waals surface area contributed by atoms with Crippen molar-refractivity contribution in [2.45, 2.75) is 32.4 Å². The first kappa shape index (κ1) is 11.7. The first-order valence-corrected chi connectivity index (χ1v) is 5.57. The maximum Gasteiger partial charge on any atom is 0.0941 e. The molecule has 0 aliphatic carbocycles. The second-order valence-electron chi connectivity index (χ2n) is 3.50. The molecule has 0 fully saturated rings. The summed E-state index contributed by atoms with van der Waals surface area (Å²) in [7, 11) is 0. The van der Waals surface area contributed by atoms with Crippen molar-refractivity contribution in [1.82, 2.24) is 0 Å². The lowest BCUT2D eigenvalue weighted by molar-refractivity contribution is 0.152. The van der Waals surface area contributed by atoms with Crippen molar-refractivity contribution in [2.75, 3.05) is 0 Å². The highest BCUT2D eigenvalue weighted by Gasteiger charge is 2.15. The summed E-state index contributed by atoms with van der Waals surface area (Å²) < 4.78 is 0.976. The van der Waals surface area contributed by atoms with Crippen molar-refractivity contribution >= 4 is 15.9 Å². The molecule has 0 radical (unpaired) electrons. The second kappa shape index (κ2) is 4.91. The predicted octanol–water partition coefficient (Wildman–Crippen LogP) is 2.39. The smallest absolute Gasteiger partial charge is 0.0941 e. The van der Waals surface area contributed by atoms with E-state index in [2.05, 4.69) is 22.9 Å². The van der Waals surface area contributed by atoms with Gasteiger partial charge >= 0.3 is 0 Å². The van der Waals surface area contributed by atoms with Crippen LogP contribution in [0.25, 0.3) is 0 Å². The van der Waals surface area contributed by atoms with Gasteiger partial charge in [0.2, 0.25) is 0 Å². The molecule has 0 amide bonds. The third-order valence-corrected chi connectivity index (χ3v) is 2.80. The Bertz CT molecular complexity index is 312. The van der Waals surface area contributed by atoms with Gasteiger partial charge < -0.3 is 10.8 Å². The van der Waals surface area contributed by atoms with E-state index in [1.165, 1.54) is 0 Å². The van der Waals surface area contributed by atoms with E-state index in [-0.39, 0.29) is 6.04 Å². The van der Waals surface area contributed by atoms with Crippen LogP contribution in [0.2, 0.25) is 0 Å². The normalized spacial score (nSPS) is 15.2. The van der Waals surface area contributed by atoms with Crippen LogP contribution in [0, 0.1) is 0 Å². The molecule has 1 aromatic rings. The average Bonchev–Trinajstić information content (AvgIpc) is 2.16. The molecule has 2 unspecified atom stereocenters. The molecule has 0 spiro atoms. The maximum atomic E-state index is 9.89. The van der Waals surface area contributed by atoms with Crippen molar-refractivity contribution in [3.8, 4) is 0 Å². The Labute approximate surface area is 93.3 Å². The summed E-state index contributed by atoms with van der Waals surface area (Å²) >= 11 is 3.39. The molecule has 0 saturated carbocycles. The zero-order valence-corrected chi connectivity index (χ0v) is 10.1. The van der Waals surface area contributed by atoms with E-state index < -0.39 is 6.10 Å². The quantitative estimate of drug-likeness (QED) is 0.874. The SMILES string of the molecule is CCc1ccc(Br)cc1C(O)C(C)N. The van der Waals surface area contributed by atoms with E-state index >= 15 is 0 Å². The Morgan fingerprint density at radius 3 is 2.64 bits per heavy atom. The zero-order valence-electron chi connectivity index (χ0n) is 8.50. The topological polar surface area (TPSA) is 46.2 Å².